The molecule has 2 heterocycles. The minimum Gasteiger partial charge on any atom is -0.478 e. The number of rotatable bonds is 8. The van der Waals surface area contributed by atoms with Crippen molar-refractivity contribution in [1.29, 1.82) is 0 Å². The summed E-state index contributed by atoms with van der Waals surface area (Å²) in [5.74, 6) is 0.144. The number of fused-ring (bicyclic) bond motifs is 1. The predicted octanol–water partition coefficient (Wildman–Crippen LogP) is 4.22. The molecule has 3 rings (SSSR count). The summed E-state index contributed by atoms with van der Waals surface area (Å²) >= 11 is 0. The molecule has 0 aliphatic carbocycles. The van der Waals surface area contributed by atoms with Gasteiger partial charge in [-0.05, 0) is 56.5 Å². The van der Waals surface area contributed by atoms with Crippen LogP contribution in [0.4, 0.5) is 27.4 Å². The van der Waals surface area contributed by atoms with Crippen LogP contribution in [0.2, 0.25) is 0 Å². The van der Waals surface area contributed by atoms with Gasteiger partial charge in [-0.2, -0.15) is 0 Å². The summed E-state index contributed by atoms with van der Waals surface area (Å²) in [7, 11) is 1.72. The highest BCUT2D eigenvalue weighted by atomic mass is 19.1. The van der Waals surface area contributed by atoms with Gasteiger partial charge in [-0.3, -0.25) is 4.79 Å². The summed E-state index contributed by atoms with van der Waals surface area (Å²) in [6.45, 7) is 4.17. The fraction of sp³-hybridized carbons (Fsp3) is 0.409. The van der Waals surface area contributed by atoms with Gasteiger partial charge in [0.05, 0.1) is 17.4 Å². The number of carboxylic acids is 1. The van der Waals surface area contributed by atoms with Gasteiger partial charge < -0.3 is 20.2 Å². The topological polar surface area (TPSA) is 85.8 Å². The third-order valence-corrected chi connectivity index (χ3v) is 5.38. The molecule has 1 aromatic carbocycles. The zero-order chi connectivity index (χ0) is 21.8. The van der Waals surface area contributed by atoms with Crippen molar-refractivity contribution in [2.24, 2.45) is 0 Å². The molecular weight excluding hydrogens is 387 g/mol. The molecule has 2 unspecified atom stereocenters. The maximum absolute atomic E-state index is 13.7. The molecule has 1 aromatic heterocycles. The van der Waals surface area contributed by atoms with Gasteiger partial charge >= 0.3 is 5.97 Å². The van der Waals surface area contributed by atoms with Crippen LogP contribution in [-0.2, 0) is 4.79 Å². The van der Waals surface area contributed by atoms with E-state index in [1.54, 1.807) is 30.1 Å². The number of hydrogen-bond acceptors (Lipinski definition) is 5. The van der Waals surface area contributed by atoms with Crippen LogP contribution in [0, 0.1) is 0 Å². The molecule has 30 heavy (non-hydrogen) atoms. The Labute approximate surface area is 175 Å². The summed E-state index contributed by atoms with van der Waals surface area (Å²) in [6, 6.07) is 9.63. The first-order chi connectivity index (χ1) is 14.3. The molecule has 0 saturated heterocycles. The predicted molar refractivity (Wildman–Crippen MR) is 116 cm³/mol. The van der Waals surface area contributed by atoms with Crippen LogP contribution in [0.25, 0.3) is 0 Å². The minimum absolute atomic E-state index is 0.0357. The Morgan fingerprint density at radius 2 is 2.10 bits per heavy atom. The quantitative estimate of drug-likeness (QED) is 0.673. The average molecular weight is 414 g/mol. The highest BCUT2D eigenvalue weighted by molar-refractivity contribution is 6.04. The number of nitrogens with one attached hydrogen (secondary N) is 1. The van der Waals surface area contributed by atoms with E-state index >= 15 is 0 Å². The lowest BCUT2D eigenvalue weighted by molar-refractivity contribution is -0.119. The highest BCUT2D eigenvalue weighted by Gasteiger charge is 2.34. The molecule has 160 valence electrons. The molecule has 7 nitrogen and oxygen atoms in total. The number of aromatic carboxylic acids is 1. The molecule has 0 radical (unpaired) electrons. The SMILES string of the molecule is CCC(F)CCCN1c2nc(Nc3cccc(C(=O)O)c3)ccc2N(C)C(=O)C1C. The van der Waals surface area contributed by atoms with Gasteiger partial charge in [-0.15, -0.1) is 0 Å². The molecule has 0 bridgehead atoms. The fourth-order valence-corrected chi connectivity index (χ4v) is 3.56. The number of likely N-dealkylation sites (N-methyl/N-ethyl adjacent to an activating group) is 1. The molecule has 2 atom stereocenters. The first-order valence-electron chi connectivity index (χ1n) is 10.1. The Morgan fingerprint density at radius 3 is 2.80 bits per heavy atom. The van der Waals surface area contributed by atoms with Crippen molar-refractivity contribution in [2.75, 3.05) is 28.7 Å². The maximum Gasteiger partial charge on any atom is 0.335 e. The molecule has 1 aliphatic rings. The lowest BCUT2D eigenvalue weighted by Gasteiger charge is -2.39. The second-order valence-corrected chi connectivity index (χ2v) is 7.46. The first kappa shape index (κ1) is 21.5. The molecule has 8 heteroatoms. The Kier molecular flexibility index (Phi) is 6.54. The van der Waals surface area contributed by atoms with Crippen molar-refractivity contribution in [3.63, 3.8) is 0 Å². The van der Waals surface area contributed by atoms with Crippen LogP contribution in [0.1, 0.15) is 43.5 Å². The molecule has 2 aromatic rings. The number of anilines is 4. The standard InChI is InChI=1S/C22H27FN4O3/c1-4-16(23)8-6-12-27-14(2)21(28)26(3)18-10-11-19(25-20(18)27)24-17-9-5-7-15(13-17)22(29)30/h5,7,9-11,13-14,16H,4,6,8,12H2,1-3H3,(H,24,25)(H,29,30). The van der Waals surface area contributed by atoms with E-state index < -0.39 is 18.2 Å². The zero-order valence-corrected chi connectivity index (χ0v) is 17.4. The highest BCUT2D eigenvalue weighted by Crippen LogP contribution is 2.35. The van der Waals surface area contributed by atoms with Gasteiger partial charge in [-0.1, -0.05) is 13.0 Å². The molecule has 1 amide bonds. The Balaban J connectivity index is 1.87. The maximum atomic E-state index is 13.7. The van der Waals surface area contributed by atoms with Crippen molar-refractivity contribution in [3.8, 4) is 0 Å². The van der Waals surface area contributed by atoms with Crippen molar-refractivity contribution in [1.82, 2.24) is 4.98 Å². The Bertz CT molecular complexity index is 936. The molecule has 0 spiro atoms. The third kappa shape index (κ3) is 4.53. The largest absolute Gasteiger partial charge is 0.478 e. The van der Waals surface area contributed by atoms with Crippen LogP contribution in [0.15, 0.2) is 36.4 Å². The number of nitrogens with zero attached hydrogens (tertiary/aromatic N) is 3. The van der Waals surface area contributed by atoms with E-state index in [0.29, 0.717) is 48.8 Å². The molecule has 0 saturated carbocycles. The number of benzene rings is 1. The van der Waals surface area contributed by atoms with Crippen molar-refractivity contribution in [2.45, 2.75) is 45.3 Å². The Morgan fingerprint density at radius 1 is 1.33 bits per heavy atom. The number of hydrogen-bond donors (Lipinski definition) is 2. The minimum atomic E-state index is -1.00. The van der Waals surface area contributed by atoms with Gasteiger partial charge in [0.2, 0.25) is 5.91 Å². The number of pyridine rings is 1. The van der Waals surface area contributed by atoms with Gasteiger partial charge in [0.25, 0.3) is 0 Å². The van der Waals surface area contributed by atoms with Crippen LogP contribution in [0.3, 0.4) is 0 Å². The molecular formula is C22H27FN4O3. The molecule has 1 aliphatic heterocycles. The Hall–Kier alpha value is -3.16. The van der Waals surface area contributed by atoms with Crippen molar-refractivity contribution < 1.29 is 19.1 Å². The van der Waals surface area contributed by atoms with E-state index in [2.05, 4.69) is 5.32 Å². The van der Waals surface area contributed by atoms with E-state index in [4.69, 9.17) is 4.98 Å². The second-order valence-electron chi connectivity index (χ2n) is 7.46. The third-order valence-electron chi connectivity index (χ3n) is 5.38. The van der Waals surface area contributed by atoms with Crippen LogP contribution < -0.4 is 15.1 Å². The number of carbonyl (C=O) groups is 2. The van der Waals surface area contributed by atoms with Gasteiger partial charge in [-0.25, -0.2) is 14.2 Å². The lowest BCUT2D eigenvalue weighted by Crippen LogP contribution is -2.51. The van der Waals surface area contributed by atoms with Crippen LogP contribution in [0.5, 0.6) is 0 Å². The summed E-state index contributed by atoms with van der Waals surface area (Å²) in [5.41, 5.74) is 1.47. The van der Waals surface area contributed by atoms with E-state index in [1.165, 1.54) is 12.1 Å². The van der Waals surface area contributed by atoms with Gasteiger partial charge in [0.15, 0.2) is 5.82 Å². The first-order valence-corrected chi connectivity index (χ1v) is 10.1. The number of aromatic nitrogens is 1. The summed E-state index contributed by atoms with van der Waals surface area (Å²) < 4.78 is 13.7. The van der Waals surface area contributed by atoms with Gasteiger partial charge in [0.1, 0.15) is 11.9 Å². The number of halogens is 1. The number of alkyl halides is 1. The number of carbonyl (C=O) groups excluding carboxylic acids is 1. The smallest absolute Gasteiger partial charge is 0.335 e. The van der Waals surface area contributed by atoms with E-state index in [9.17, 15) is 19.1 Å². The second kappa shape index (κ2) is 9.11. The van der Waals surface area contributed by atoms with Crippen molar-refractivity contribution >= 4 is 34.9 Å². The normalized spacial score (nSPS) is 16.9. The van der Waals surface area contributed by atoms with E-state index in [1.807, 2.05) is 24.8 Å². The number of amides is 1. The summed E-state index contributed by atoms with van der Waals surface area (Å²) in [5, 5.41) is 12.3. The summed E-state index contributed by atoms with van der Waals surface area (Å²) in [4.78, 5) is 32.0. The van der Waals surface area contributed by atoms with Crippen molar-refractivity contribution in [3.05, 3.63) is 42.0 Å². The number of carboxylic acid groups (broad SMARTS) is 1. The fourth-order valence-electron chi connectivity index (χ4n) is 3.56. The van der Waals surface area contributed by atoms with E-state index in [0.717, 1.165) is 0 Å². The zero-order valence-electron chi connectivity index (χ0n) is 17.4. The summed E-state index contributed by atoms with van der Waals surface area (Å²) in [6.07, 6.45) is 0.704. The monoisotopic (exact) mass is 414 g/mol. The van der Waals surface area contributed by atoms with Gasteiger partial charge in [0, 0.05) is 19.3 Å². The van der Waals surface area contributed by atoms with Crippen LogP contribution in [-0.4, -0.2) is 47.8 Å². The lowest BCUT2D eigenvalue weighted by atomic mass is 10.1. The van der Waals surface area contributed by atoms with E-state index in [-0.39, 0.29) is 11.5 Å². The van der Waals surface area contributed by atoms with Crippen LogP contribution >= 0.6 is 0 Å². The molecule has 0 fully saturated rings. The average Bonchev–Trinajstić information content (AvgIpc) is 2.74. The molecule has 2 N–H and O–H groups in total.